The third kappa shape index (κ3) is 2.63. The molecular weight excluding hydrogens is 368 g/mol. The number of carboxylic acid groups (broad SMARTS) is 1. The molecule has 1 N–H and O–H groups in total. The van der Waals surface area contributed by atoms with Crippen molar-refractivity contribution in [1.29, 1.82) is 0 Å². The summed E-state index contributed by atoms with van der Waals surface area (Å²) in [5.74, 6) is -1.71. The van der Waals surface area contributed by atoms with Gasteiger partial charge in [-0.15, -0.1) is 0 Å². The second-order valence-electron chi connectivity index (χ2n) is 5.97. The predicted octanol–water partition coefficient (Wildman–Crippen LogP) is 2.71. The Bertz CT molecular complexity index is 954. The molecule has 1 heterocycles. The first-order chi connectivity index (χ1) is 11.9. The molecule has 0 amide bonds. The van der Waals surface area contributed by atoms with Crippen molar-refractivity contribution in [3.63, 3.8) is 0 Å². The van der Waals surface area contributed by atoms with Gasteiger partial charge in [-0.05, 0) is 42.0 Å². The molecule has 1 aliphatic heterocycles. The lowest BCUT2D eigenvalue weighted by molar-refractivity contribution is -0.138. The zero-order valence-electron chi connectivity index (χ0n) is 12.8. The number of carboxylic acids is 1. The van der Waals surface area contributed by atoms with Crippen molar-refractivity contribution in [3.8, 4) is 11.5 Å². The van der Waals surface area contributed by atoms with Crippen LogP contribution in [0.3, 0.4) is 0 Å². The van der Waals surface area contributed by atoms with Crippen LogP contribution in [-0.2, 0) is 14.6 Å². The molecule has 0 saturated heterocycles. The Morgan fingerprint density at radius 1 is 1.08 bits per heavy atom. The summed E-state index contributed by atoms with van der Waals surface area (Å²) in [4.78, 5) is 11.6. The number of hydrogen-bond donors (Lipinski definition) is 1. The number of benzene rings is 2. The van der Waals surface area contributed by atoms with Crippen LogP contribution >= 0.6 is 11.6 Å². The number of carbonyl (C=O) groups is 1. The third-order valence-corrected chi connectivity index (χ3v) is 7.01. The highest BCUT2D eigenvalue weighted by Gasteiger charge is 2.63. The van der Waals surface area contributed by atoms with Crippen molar-refractivity contribution in [2.75, 3.05) is 6.79 Å². The minimum atomic E-state index is -3.80. The number of aliphatic carboxylic acids is 1. The SMILES string of the molecule is O=C(O)[C@@H]1[C@@H](c2ccc3c(c2)OCO3)[C@@H]1S(=O)(=O)c1ccc(Cl)cc1. The van der Waals surface area contributed by atoms with Gasteiger partial charge in [-0.25, -0.2) is 8.42 Å². The fourth-order valence-corrected chi connectivity index (χ4v) is 5.51. The van der Waals surface area contributed by atoms with E-state index in [9.17, 15) is 18.3 Å². The minimum absolute atomic E-state index is 0.0661. The summed E-state index contributed by atoms with van der Waals surface area (Å²) in [6, 6.07) is 10.7. The average Bonchev–Trinajstić information content (AvgIpc) is 3.18. The third-order valence-electron chi connectivity index (χ3n) is 4.52. The highest BCUT2D eigenvalue weighted by Crippen LogP contribution is 2.55. The molecule has 25 heavy (non-hydrogen) atoms. The number of halogens is 1. The molecule has 1 aliphatic carbocycles. The van der Waals surface area contributed by atoms with Gasteiger partial charge in [0.15, 0.2) is 21.3 Å². The van der Waals surface area contributed by atoms with E-state index in [-0.39, 0.29) is 11.7 Å². The average molecular weight is 381 g/mol. The number of ether oxygens (including phenoxy) is 2. The Morgan fingerprint density at radius 3 is 2.44 bits per heavy atom. The summed E-state index contributed by atoms with van der Waals surface area (Å²) in [5, 5.41) is 8.85. The summed E-state index contributed by atoms with van der Waals surface area (Å²) in [6.45, 7) is 0.0955. The van der Waals surface area contributed by atoms with Gasteiger partial charge in [-0.3, -0.25) is 4.79 Å². The van der Waals surface area contributed by atoms with Gasteiger partial charge in [0, 0.05) is 10.9 Å². The Labute approximate surface area is 148 Å². The Balaban J connectivity index is 1.71. The molecule has 0 aromatic heterocycles. The lowest BCUT2D eigenvalue weighted by Crippen LogP contribution is -2.13. The lowest BCUT2D eigenvalue weighted by atomic mass is 10.1. The normalized spacial score (nSPS) is 24.1. The van der Waals surface area contributed by atoms with Gasteiger partial charge in [-0.2, -0.15) is 0 Å². The molecule has 1 saturated carbocycles. The first kappa shape index (κ1) is 16.2. The van der Waals surface area contributed by atoms with Gasteiger partial charge in [0.2, 0.25) is 6.79 Å². The van der Waals surface area contributed by atoms with E-state index < -0.39 is 32.9 Å². The van der Waals surface area contributed by atoms with Crippen molar-refractivity contribution < 1.29 is 27.8 Å². The van der Waals surface area contributed by atoms with Crippen molar-refractivity contribution >= 4 is 27.4 Å². The van der Waals surface area contributed by atoms with E-state index in [1.165, 1.54) is 24.3 Å². The molecule has 6 nitrogen and oxygen atoms in total. The fraction of sp³-hybridized carbons (Fsp3) is 0.235. The van der Waals surface area contributed by atoms with Gasteiger partial charge >= 0.3 is 5.97 Å². The zero-order valence-corrected chi connectivity index (χ0v) is 14.3. The van der Waals surface area contributed by atoms with E-state index in [1.807, 2.05) is 0 Å². The molecule has 2 aromatic carbocycles. The molecule has 2 aliphatic rings. The quantitative estimate of drug-likeness (QED) is 0.877. The molecule has 0 radical (unpaired) electrons. The van der Waals surface area contributed by atoms with Crippen LogP contribution in [0.1, 0.15) is 11.5 Å². The maximum absolute atomic E-state index is 12.9. The lowest BCUT2D eigenvalue weighted by Gasteiger charge is -2.05. The largest absolute Gasteiger partial charge is 0.481 e. The van der Waals surface area contributed by atoms with Crippen LogP contribution in [0.2, 0.25) is 5.02 Å². The minimum Gasteiger partial charge on any atom is -0.481 e. The van der Waals surface area contributed by atoms with E-state index >= 15 is 0 Å². The summed E-state index contributed by atoms with van der Waals surface area (Å²) in [5.41, 5.74) is 0.610. The summed E-state index contributed by atoms with van der Waals surface area (Å²) >= 11 is 5.80. The smallest absolute Gasteiger partial charge is 0.308 e. The molecule has 0 unspecified atom stereocenters. The van der Waals surface area contributed by atoms with Gasteiger partial charge in [0.1, 0.15) is 0 Å². The fourth-order valence-electron chi connectivity index (χ4n) is 3.26. The Kier molecular flexibility index (Phi) is 3.66. The van der Waals surface area contributed by atoms with Crippen LogP contribution < -0.4 is 9.47 Å². The van der Waals surface area contributed by atoms with Crippen LogP contribution in [0.5, 0.6) is 11.5 Å². The molecular formula is C17H13ClO6S. The number of rotatable bonds is 4. The number of fused-ring (bicyclic) bond motifs is 1. The van der Waals surface area contributed by atoms with Crippen molar-refractivity contribution in [1.82, 2.24) is 0 Å². The monoisotopic (exact) mass is 380 g/mol. The van der Waals surface area contributed by atoms with Crippen LogP contribution in [0.15, 0.2) is 47.4 Å². The molecule has 0 spiro atoms. The van der Waals surface area contributed by atoms with Crippen molar-refractivity contribution in [2.24, 2.45) is 5.92 Å². The van der Waals surface area contributed by atoms with E-state index in [1.54, 1.807) is 18.2 Å². The molecule has 1 fully saturated rings. The first-order valence-electron chi connectivity index (χ1n) is 7.51. The van der Waals surface area contributed by atoms with Gasteiger partial charge in [-0.1, -0.05) is 17.7 Å². The second-order valence-corrected chi connectivity index (χ2v) is 8.51. The summed E-state index contributed by atoms with van der Waals surface area (Å²) < 4.78 is 36.3. The molecule has 8 heteroatoms. The predicted molar refractivity (Wildman–Crippen MR) is 88.9 cm³/mol. The van der Waals surface area contributed by atoms with Gasteiger partial charge < -0.3 is 14.6 Å². The highest BCUT2D eigenvalue weighted by molar-refractivity contribution is 7.92. The summed E-state index contributed by atoms with van der Waals surface area (Å²) in [6.07, 6.45) is 0. The highest BCUT2D eigenvalue weighted by atomic mass is 35.5. The van der Waals surface area contributed by atoms with Gasteiger partial charge in [0.05, 0.1) is 16.1 Å². The second kappa shape index (κ2) is 5.64. The molecule has 0 bridgehead atoms. The molecule has 4 rings (SSSR count). The van der Waals surface area contributed by atoms with Crippen LogP contribution in [0.25, 0.3) is 0 Å². The first-order valence-corrected chi connectivity index (χ1v) is 9.44. The maximum atomic E-state index is 12.9. The molecule has 2 aromatic rings. The van der Waals surface area contributed by atoms with Crippen LogP contribution in [-0.4, -0.2) is 31.5 Å². The van der Waals surface area contributed by atoms with Crippen molar-refractivity contribution in [2.45, 2.75) is 16.1 Å². The molecule has 130 valence electrons. The maximum Gasteiger partial charge on any atom is 0.308 e. The molecule has 3 atom stereocenters. The standard InChI is InChI=1S/C17H13ClO6S/c18-10-2-4-11(5-3-10)25(21,22)16-14(15(16)17(19)20)9-1-6-12-13(7-9)24-8-23-12/h1-7,14-16H,8H2,(H,19,20)/t14-,15-,16+/m1/s1. The Hall–Kier alpha value is -2.25. The van der Waals surface area contributed by atoms with E-state index in [0.717, 1.165) is 0 Å². The van der Waals surface area contributed by atoms with E-state index in [4.69, 9.17) is 21.1 Å². The van der Waals surface area contributed by atoms with Crippen LogP contribution in [0.4, 0.5) is 0 Å². The summed E-state index contributed by atoms with van der Waals surface area (Å²) in [7, 11) is -3.80. The van der Waals surface area contributed by atoms with Crippen molar-refractivity contribution in [3.05, 3.63) is 53.1 Å². The Morgan fingerprint density at radius 2 is 1.76 bits per heavy atom. The topological polar surface area (TPSA) is 89.9 Å². The zero-order chi connectivity index (χ0) is 17.8. The van der Waals surface area contributed by atoms with E-state index in [2.05, 4.69) is 0 Å². The number of sulfone groups is 1. The van der Waals surface area contributed by atoms with E-state index in [0.29, 0.717) is 22.1 Å². The van der Waals surface area contributed by atoms with Crippen LogP contribution in [0, 0.1) is 5.92 Å². The number of hydrogen-bond acceptors (Lipinski definition) is 5. The van der Waals surface area contributed by atoms with Gasteiger partial charge in [0.25, 0.3) is 0 Å².